The number of amides is 1. The molecule has 1 aromatic rings. The molecule has 8 nitrogen and oxygen atoms in total. The molecule has 174 valence electrons. The van der Waals surface area contributed by atoms with Gasteiger partial charge < -0.3 is 20.5 Å². The number of nitrogens with zero attached hydrogens (tertiary/aromatic N) is 2. The molecule has 32 heavy (non-hydrogen) atoms. The van der Waals surface area contributed by atoms with Gasteiger partial charge in [0.2, 0.25) is 5.91 Å². The van der Waals surface area contributed by atoms with Crippen LogP contribution in [0.15, 0.2) is 12.1 Å². The fourth-order valence-electron chi connectivity index (χ4n) is 4.15. The zero-order chi connectivity index (χ0) is 23.1. The van der Waals surface area contributed by atoms with E-state index in [-0.39, 0.29) is 25.6 Å². The van der Waals surface area contributed by atoms with E-state index >= 15 is 0 Å². The van der Waals surface area contributed by atoms with Crippen molar-refractivity contribution in [3.63, 3.8) is 0 Å². The number of aryl methyl sites for hydroxylation is 2. The number of carbonyl (C=O) groups is 2. The number of fused-ring (bicyclic) bond motifs is 1. The Hall–Kier alpha value is -2.66. The van der Waals surface area contributed by atoms with E-state index in [4.69, 9.17) is 15.0 Å². The van der Waals surface area contributed by atoms with Crippen molar-refractivity contribution in [3.05, 3.63) is 23.4 Å². The van der Waals surface area contributed by atoms with Gasteiger partial charge in [-0.15, -0.1) is 0 Å². The van der Waals surface area contributed by atoms with Crippen LogP contribution in [-0.4, -0.2) is 47.3 Å². The minimum atomic E-state index is -1.09. The standard InChI is InChI=1S/C24H34N4O4/c1-24(2,10-11-25)23(31)28-20(22(29)30)9-13-32-19-14-16(15-19)5-7-18-8-6-17-4-3-12-26-21(17)27-18/h6,8,16,19-20H,3-5,7,9-10,12-15H2,1-2H3,(H,26,27)(H,28,31)(H,29,30). The third-order valence-electron chi connectivity index (χ3n) is 6.45. The van der Waals surface area contributed by atoms with Crippen LogP contribution in [0.5, 0.6) is 0 Å². The molecule has 0 spiro atoms. The van der Waals surface area contributed by atoms with Crippen molar-refractivity contribution in [2.24, 2.45) is 11.3 Å². The molecule has 1 atom stereocenters. The average Bonchev–Trinajstić information content (AvgIpc) is 2.73. The highest BCUT2D eigenvalue weighted by molar-refractivity contribution is 5.87. The van der Waals surface area contributed by atoms with Crippen molar-refractivity contribution in [1.29, 1.82) is 5.26 Å². The van der Waals surface area contributed by atoms with Gasteiger partial charge in [-0.2, -0.15) is 5.26 Å². The van der Waals surface area contributed by atoms with Gasteiger partial charge in [0, 0.05) is 31.7 Å². The largest absolute Gasteiger partial charge is 0.480 e. The number of hydrogen-bond acceptors (Lipinski definition) is 6. The summed E-state index contributed by atoms with van der Waals surface area (Å²) in [5.74, 6) is 0.126. The van der Waals surface area contributed by atoms with Crippen molar-refractivity contribution < 1.29 is 19.4 Å². The molecule has 1 unspecified atom stereocenters. The van der Waals surface area contributed by atoms with Crippen LogP contribution in [0.4, 0.5) is 5.82 Å². The van der Waals surface area contributed by atoms with Crippen LogP contribution in [0.25, 0.3) is 0 Å². The van der Waals surface area contributed by atoms with Gasteiger partial charge in [-0.3, -0.25) is 4.79 Å². The van der Waals surface area contributed by atoms with E-state index in [2.05, 4.69) is 22.8 Å². The van der Waals surface area contributed by atoms with E-state index in [1.165, 1.54) is 5.56 Å². The van der Waals surface area contributed by atoms with Crippen LogP contribution in [0.3, 0.4) is 0 Å². The molecule has 8 heteroatoms. The Labute approximate surface area is 189 Å². The Bertz CT molecular complexity index is 858. The van der Waals surface area contributed by atoms with Gasteiger partial charge in [-0.25, -0.2) is 9.78 Å². The second-order valence-corrected chi connectivity index (χ2v) is 9.58. The highest BCUT2D eigenvalue weighted by atomic mass is 16.5. The van der Waals surface area contributed by atoms with Crippen LogP contribution >= 0.6 is 0 Å². The maximum atomic E-state index is 12.3. The van der Waals surface area contributed by atoms with Crippen molar-refractivity contribution >= 4 is 17.7 Å². The highest BCUT2D eigenvalue weighted by Crippen LogP contribution is 2.34. The molecule has 3 N–H and O–H groups in total. The van der Waals surface area contributed by atoms with Crippen LogP contribution in [0.1, 0.15) is 63.6 Å². The number of aliphatic carboxylic acids is 1. The summed E-state index contributed by atoms with van der Waals surface area (Å²) >= 11 is 0. The van der Waals surface area contributed by atoms with Gasteiger partial charge in [-0.1, -0.05) is 19.9 Å². The third kappa shape index (κ3) is 6.42. The summed E-state index contributed by atoms with van der Waals surface area (Å²) in [7, 11) is 0. The van der Waals surface area contributed by atoms with Crippen molar-refractivity contribution in [3.8, 4) is 6.07 Å². The molecule has 1 saturated carbocycles. The second kappa shape index (κ2) is 10.8. The summed E-state index contributed by atoms with van der Waals surface area (Å²) in [6.07, 6.45) is 6.63. The minimum absolute atomic E-state index is 0.0304. The molecule has 2 aliphatic rings. The van der Waals surface area contributed by atoms with E-state index in [0.717, 1.165) is 56.6 Å². The molecule has 1 fully saturated rings. The first-order valence-electron chi connectivity index (χ1n) is 11.5. The van der Waals surface area contributed by atoms with Gasteiger partial charge in [0.05, 0.1) is 17.6 Å². The molecule has 0 bridgehead atoms. The topological polar surface area (TPSA) is 124 Å². The third-order valence-corrected chi connectivity index (χ3v) is 6.45. The normalized spacial score (nSPS) is 20.8. The van der Waals surface area contributed by atoms with Gasteiger partial charge >= 0.3 is 5.97 Å². The maximum absolute atomic E-state index is 12.3. The average molecular weight is 443 g/mol. The summed E-state index contributed by atoms with van der Waals surface area (Å²) in [6.45, 7) is 4.54. The van der Waals surface area contributed by atoms with E-state index in [1.54, 1.807) is 13.8 Å². The van der Waals surface area contributed by atoms with Crippen molar-refractivity contribution in [2.75, 3.05) is 18.5 Å². The van der Waals surface area contributed by atoms with Crippen LogP contribution in [0, 0.1) is 22.7 Å². The minimum Gasteiger partial charge on any atom is -0.480 e. The number of carbonyl (C=O) groups excluding carboxylic acids is 1. The lowest BCUT2D eigenvalue weighted by Gasteiger charge is -2.35. The van der Waals surface area contributed by atoms with Crippen molar-refractivity contribution in [1.82, 2.24) is 10.3 Å². The Kier molecular flexibility index (Phi) is 8.08. The summed E-state index contributed by atoms with van der Waals surface area (Å²) in [5, 5.41) is 24.1. The van der Waals surface area contributed by atoms with Crippen LogP contribution in [0.2, 0.25) is 0 Å². The summed E-state index contributed by atoms with van der Waals surface area (Å²) in [4.78, 5) is 28.5. The Morgan fingerprint density at radius 1 is 1.41 bits per heavy atom. The molecular formula is C24H34N4O4. The predicted octanol–water partition coefficient (Wildman–Crippen LogP) is 3.07. The number of hydrogen-bond donors (Lipinski definition) is 3. The number of pyridine rings is 1. The van der Waals surface area contributed by atoms with Crippen LogP contribution in [-0.2, 0) is 27.2 Å². The summed E-state index contributed by atoms with van der Waals surface area (Å²) in [6, 6.07) is 5.27. The van der Waals surface area contributed by atoms with Crippen molar-refractivity contribution in [2.45, 2.75) is 77.4 Å². The smallest absolute Gasteiger partial charge is 0.326 e. The number of carboxylic acid groups (broad SMARTS) is 1. The molecular weight excluding hydrogens is 408 g/mol. The van der Waals surface area contributed by atoms with Gasteiger partial charge in [-0.05, 0) is 56.1 Å². The number of carboxylic acids is 1. The number of rotatable bonds is 11. The van der Waals surface area contributed by atoms with E-state index in [0.29, 0.717) is 5.92 Å². The first-order valence-corrected chi connectivity index (χ1v) is 11.5. The lowest BCUT2D eigenvalue weighted by atomic mass is 9.79. The fourth-order valence-corrected chi connectivity index (χ4v) is 4.15. The molecule has 2 heterocycles. The van der Waals surface area contributed by atoms with E-state index in [1.807, 2.05) is 6.07 Å². The van der Waals surface area contributed by atoms with Gasteiger partial charge in [0.1, 0.15) is 11.9 Å². The molecule has 3 rings (SSSR count). The van der Waals surface area contributed by atoms with E-state index in [9.17, 15) is 14.7 Å². The lowest BCUT2D eigenvalue weighted by molar-refractivity contribution is -0.144. The van der Waals surface area contributed by atoms with Gasteiger partial charge in [0.15, 0.2) is 0 Å². The Balaban J connectivity index is 1.34. The number of nitrogens with one attached hydrogen (secondary N) is 2. The SMILES string of the molecule is CC(C)(CC#N)C(=O)NC(CCOC1CC(CCc2ccc3c(n2)NCCC3)C1)C(=O)O. The second-order valence-electron chi connectivity index (χ2n) is 9.58. The number of nitriles is 1. The molecule has 0 radical (unpaired) electrons. The molecule has 0 saturated heterocycles. The fraction of sp³-hybridized carbons (Fsp3) is 0.667. The molecule has 1 aliphatic carbocycles. The molecule has 1 aromatic heterocycles. The quantitative estimate of drug-likeness (QED) is 0.481. The predicted molar refractivity (Wildman–Crippen MR) is 120 cm³/mol. The zero-order valence-corrected chi connectivity index (χ0v) is 19.0. The number of ether oxygens (including phenoxy) is 1. The monoisotopic (exact) mass is 442 g/mol. The first kappa shape index (κ1) is 24.0. The molecule has 1 aliphatic heterocycles. The molecule has 0 aromatic carbocycles. The van der Waals surface area contributed by atoms with Gasteiger partial charge in [0.25, 0.3) is 0 Å². The molecule has 1 amide bonds. The van der Waals surface area contributed by atoms with Crippen LogP contribution < -0.4 is 10.6 Å². The Morgan fingerprint density at radius 3 is 2.91 bits per heavy atom. The Morgan fingerprint density at radius 2 is 2.19 bits per heavy atom. The zero-order valence-electron chi connectivity index (χ0n) is 19.0. The highest BCUT2D eigenvalue weighted by Gasteiger charge is 2.32. The lowest BCUT2D eigenvalue weighted by Crippen LogP contribution is -2.47. The maximum Gasteiger partial charge on any atom is 0.326 e. The van der Waals surface area contributed by atoms with E-state index < -0.39 is 23.3 Å². The summed E-state index contributed by atoms with van der Waals surface area (Å²) in [5.41, 5.74) is 1.51. The first-order chi connectivity index (χ1) is 15.3. The number of anilines is 1. The number of aromatic nitrogens is 1. The summed E-state index contributed by atoms with van der Waals surface area (Å²) < 4.78 is 5.84.